The van der Waals surface area contributed by atoms with E-state index < -0.39 is 10.0 Å². The molecule has 0 spiro atoms. The van der Waals surface area contributed by atoms with Crippen molar-refractivity contribution in [3.8, 4) is 50.6 Å². The van der Waals surface area contributed by atoms with Crippen molar-refractivity contribution in [2.24, 2.45) is 0 Å². The molecule has 478 valence electrons. The molecule has 94 heavy (non-hydrogen) atoms. The zero-order valence-electron chi connectivity index (χ0n) is 53.3. The molecule has 0 aliphatic carbocycles. The Hall–Kier alpha value is -10.2. The van der Waals surface area contributed by atoms with E-state index in [-0.39, 0.29) is 17.8 Å². The number of likely N-dealkylation sites (N-methyl/N-ethyl adjacent to an activating group) is 1. The molecular formula is C73H75N15O5S. The van der Waals surface area contributed by atoms with Crippen LogP contribution in [-0.2, 0) is 16.6 Å². The summed E-state index contributed by atoms with van der Waals surface area (Å²) in [5.74, 6) is 6.74. The SMILES string of the molecule is COc1ccc([C@H]2CN(C)CC2c2nc3ccc(-c4cn[nH]c4)cc3[nH]2)cc1.COc1ccc([C@H]2CN(Cc3ccccc3)CC2c2nc3ccc(-c4cn[nH]c4C)cc3[nH]2)cc1.COc1ccc([C@H]2CN(S(C)(=O)=O)CC2c2nc3ccc(-c4cn[nH]c4)cc3[nH]2)cc1. The van der Waals surface area contributed by atoms with Gasteiger partial charge in [-0.2, -0.15) is 15.3 Å². The average molecular weight is 1270 g/mol. The smallest absolute Gasteiger partial charge is 0.211 e. The second kappa shape index (κ2) is 26.4. The number of aromatic nitrogens is 12. The first-order valence-corrected chi connectivity index (χ1v) is 33.5. The topological polar surface area (TPSA) is 244 Å². The van der Waals surface area contributed by atoms with Crippen molar-refractivity contribution >= 4 is 43.1 Å². The summed E-state index contributed by atoms with van der Waals surface area (Å²) >= 11 is 0. The molecule has 0 saturated carbocycles. The van der Waals surface area contributed by atoms with E-state index in [0.717, 1.165) is 145 Å². The van der Waals surface area contributed by atoms with Crippen molar-refractivity contribution in [2.75, 3.05) is 73.9 Å². The number of fused-ring (bicyclic) bond motifs is 3. The quantitative estimate of drug-likeness (QED) is 0.0560. The Morgan fingerprint density at radius 1 is 0.468 bits per heavy atom. The maximum Gasteiger partial charge on any atom is 0.211 e. The maximum atomic E-state index is 12.3. The molecule has 16 rings (SSSR count). The van der Waals surface area contributed by atoms with Crippen LogP contribution in [0.1, 0.15) is 80.9 Å². The lowest BCUT2D eigenvalue weighted by molar-refractivity contribution is 0.323. The summed E-state index contributed by atoms with van der Waals surface area (Å²) in [7, 11) is 3.91. The number of nitrogens with zero attached hydrogens (tertiary/aromatic N) is 9. The number of ether oxygens (including phenoxy) is 3. The highest BCUT2D eigenvalue weighted by molar-refractivity contribution is 7.88. The highest BCUT2D eigenvalue weighted by atomic mass is 32.2. The van der Waals surface area contributed by atoms with Gasteiger partial charge < -0.3 is 34.1 Å². The Morgan fingerprint density at radius 3 is 1.33 bits per heavy atom. The first-order chi connectivity index (χ1) is 45.8. The van der Waals surface area contributed by atoms with Gasteiger partial charge in [-0.15, -0.1) is 0 Å². The van der Waals surface area contributed by atoms with E-state index in [1.807, 2.05) is 86.3 Å². The number of rotatable bonds is 15. The molecule has 13 aromatic rings. The lowest BCUT2D eigenvalue weighted by Crippen LogP contribution is -2.27. The molecule has 3 saturated heterocycles. The highest BCUT2D eigenvalue weighted by Gasteiger charge is 2.41. The highest BCUT2D eigenvalue weighted by Crippen LogP contribution is 2.44. The van der Waals surface area contributed by atoms with Crippen molar-refractivity contribution < 1.29 is 22.6 Å². The number of sulfonamides is 1. The minimum atomic E-state index is -3.31. The summed E-state index contributed by atoms with van der Waals surface area (Å²) < 4.78 is 42.1. The van der Waals surface area contributed by atoms with Crippen LogP contribution in [0.15, 0.2) is 189 Å². The monoisotopic (exact) mass is 1270 g/mol. The van der Waals surface area contributed by atoms with Crippen LogP contribution in [0.2, 0.25) is 0 Å². The first-order valence-electron chi connectivity index (χ1n) is 31.6. The standard InChI is InChI=1S/C29H29N5O.C22H23N5O3S.C22H23N5O/c1-19-24(15-30-33-19)22-10-13-27-28(14-22)32-29(31-27)26-18-34(16-20-6-4-3-5-7-20)17-25(26)21-8-11-23(35-2)12-9-21;1-30-17-6-3-14(4-7-17)18-12-27(31(2,28)29)13-19(18)22-25-20-8-5-15(9-21(20)26-22)16-10-23-24-11-16;1-27-12-18(14-3-6-17(28-2)7-4-14)19(13-27)22-25-20-8-5-15(9-21(20)26-22)16-10-23-24-11-16/h3-15,25-26H,16-18H2,1-2H3,(H,30,33)(H,31,32);3-11,18-19H,12-13H2,1-2H3,(H,23,24)(H,25,26);3-11,18-19H,12-13H2,1-2H3,(H,23,24)(H,25,26)/t25-,26?;2*18-,19?/m111/s1. The third-order valence-electron chi connectivity index (χ3n) is 18.9. The van der Waals surface area contributed by atoms with Crippen LogP contribution in [0.5, 0.6) is 17.2 Å². The van der Waals surface area contributed by atoms with E-state index in [1.165, 1.54) is 27.3 Å². The molecule has 6 atom stereocenters. The number of methoxy groups -OCH3 is 3. The van der Waals surface area contributed by atoms with E-state index in [9.17, 15) is 8.42 Å². The number of nitrogens with one attached hydrogen (secondary N) is 6. The number of hydrogen-bond donors (Lipinski definition) is 6. The van der Waals surface area contributed by atoms with Crippen molar-refractivity contribution in [2.45, 2.75) is 49.0 Å². The van der Waals surface area contributed by atoms with Gasteiger partial charge in [-0.25, -0.2) is 27.7 Å². The Morgan fingerprint density at radius 2 is 0.883 bits per heavy atom. The van der Waals surface area contributed by atoms with Crippen LogP contribution in [-0.4, -0.2) is 157 Å². The number of H-pyrrole nitrogens is 6. The molecule has 9 heterocycles. The van der Waals surface area contributed by atoms with Gasteiger partial charge in [0.25, 0.3) is 0 Å². The van der Waals surface area contributed by atoms with Gasteiger partial charge in [0, 0.05) is 116 Å². The van der Waals surface area contributed by atoms with Crippen LogP contribution in [0.3, 0.4) is 0 Å². The summed E-state index contributed by atoms with van der Waals surface area (Å²) in [6, 6.07) is 54.3. The van der Waals surface area contributed by atoms with Gasteiger partial charge in [-0.1, -0.05) is 84.9 Å². The summed E-state index contributed by atoms with van der Waals surface area (Å²) in [6.07, 6.45) is 10.5. The second-order valence-corrected chi connectivity index (χ2v) is 26.9. The number of likely N-dealkylation sites (tertiary alicyclic amines) is 2. The van der Waals surface area contributed by atoms with Crippen molar-refractivity contribution in [3.63, 3.8) is 0 Å². The Kier molecular flexibility index (Phi) is 17.2. The molecule has 7 aromatic carbocycles. The summed E-state index contributed by atoms with van der Waals surface area (Å²) in [5, 5.41) is 21.0. The fourth-order valence-corrected chi connectivity index (χ4v) is 14.8. The molecule has 0 radical (unpaired) electrons. The van der Waals surface area contributed by atoms with E-state index in [0.29, 0.717) is 30.8 Å². The van der Waals surface area contributed by atoms with E-state index in [4.69, 9.17) is 29.2 Å². The molecule has 0 bridgehead atoms. The predicted octanol–water partition coefficient (Wildman–Crippen LogP) is 12.5. The van der Waals surface area contributed by atoms with E-state index in [1.54, 1.807) is 27.5 Å². The zero-order valence-corrected chi connectivity index (χ0v) is 54.1. The predicted molar refractivity (Wildman–Crippen MR) is 367 cm³/mol. The van der Waals surface area contributed by atoms with Gasteiger partial charge in [0.1, 0.15) is 34.7 Å². The summed E-state index contributed by atoms with van der Waals surface area (Å²) in [4.78, 5) is 30.4. The molecular weight excluding hydrogens is 1200 g/mol. The van der Waals surface area contributed by atoms with Crippen molar-refractivity contribution in [1.29, 1.82) is 0 Å². The lowest BCUT2D eigenvalue weighted by Gasteiger charge is -2.17. The fourth-order valence-electron chi connectivity index (χ4n) is 13.9. The van der Waals surface area contributed by atoms with Crippen LogP contribution in [0, 0.1) is 6.92 Å². The van der Waals surface area contributed by atoms with Gasteiger partial charge in [-0.3, -0.25) is 20.2 Å². The molecule has 20 nitrogen and oxygen atoms in total. The van der Waals surface area contributed by atoms with Crippen molar-refractivity contribution in [1.82, 2.24) is 74.6 Å². The van der Waals surface area contributed by atoms with E-state index in [2.05, 4.69) is 166 Å². The number of imidazole rings is 3. The van der Waals surface area contributed by atoms with Crippen LogP contribution >= 0.6 is 0 Å². The minimum absolute atomic E-state index is 0.00506. The number of hydrogen-bond acceptors (Lipinski definition) is 13. The first kappa shape index (κ1) is 61.3. The Bertz CT molecular complexity index is 4800. The van der Waals surface area contributed by atoms with Gasteiger partial charge in [0.15, 0.2) is 0 Å². The van der Waals surface area contributed by atoms with Crippen LogP contribution in [0.4, 0.5) is 0 Å². The molecule has 0 amide bonds. The second-order valence-electron chi connectivity index (χ2n) is 24.9. The molecule has 21 heteroatoms. The number of aryl methyl sites for hydroxylation is 1. The Balaban J connectivity index is 0.000000123. The van der Waals surface area contributed by atoms with Gasteiger partial charge in [0.2, 0.25) is 10.0 Å². The van der Waals surface area contributed by atoms with Gasteiger partial charge in [0.05, 0.1) is 79.3 Å². The zero-order chi connectivity index (χ0) is 64.5. The molecule has 3 fully saturated rings. The molecule has 3 aliphatic rings. The van der Waals surface area contributed by atoms with Gasteiger partial charge in [-0.05, 0) is 126 Å². The Labute approximate surface area is 545 Å². The normalized spacial score (nSPS) is 19.3. The van der Waals surface area contributed by atoms with Crippen molar-refractivity contribution in [3.05, 3.63) is 234 Å². The van der Waals surface area contributed by atoms with Gasteiger partial charge >= 0.3 is 0 Å². The maximum absolute atomic E-state index is 12.3. The fraction of sp³-hybridized carbons (Fsp3) is 0.260. The van der Waals surface area contributed by atoms with E-state index >= 15 is 0 Å². The minimum Gasteiger partial charge on any atom is -0.497 e. The van der Waals surface area contributed by atoms with Crippen LogP contribution < -0.4 is 14.2 Å². The summed E-state index contributed by atoms with van der Waals surface area (Å²) in [5.41, 5.74) is 18.5. The molecule has 6 N–H and O–H groups in total. The van der Waals surface area contributed by atoms with Crippen LogP contribution in [0.25, 0.3) is 66.5 Å². The molecule has 6 aromatic heterocycles. The third kappa shape index (κ3) is 13.0. The molecule has 3 aliphatic heterocycles. The largest absolute Gasteiger partial charge is 0.497 e. The summed E-state index contributed by atoms with van der Waals surface area (Å²) in [6.45, 7) is 7.76. The number of benzene rings is 7. The third-order valence-corrected chi connectivity index (χ3v) is 20.1. The average Bonchev–Trinajstić information content (AvgIpc) is 1.64. The number of aromatic amines is 6. The lowest BCUT2D eigenvalue weighted by atomic mass is 9.88. The molecule has 3 unspecified atom stereocenters.